The van der Waals surface area contributed by atoms with Crippen molar-refractivity contribution in [1.82, 2.24) is 4.90 Å². The van der Waals surface area contributed by atoms with E-state index in [2.05, 4.69) is 34.9 Å². The molecule has 21 heavy (non-hydrogen) atoms. The number of aliphatic hydroxyl groups is 1. The zero-order valence-corrected chi connectivity index (χ0v) is 14.5. The van der Waals surface area contributed by atoms with Gasteiger partial charge in [-0.1, -0.05) is 41.6 Å². The Morgan fingerprint density at radius 3 is 2.33 bits per heavy atom. The van der Waals surface area contributed by atoms with Crippen molar-refractivity contribution in [3.8, 4) is 0 Å². The number of rotatable bonds is 4. The molecule has 1 aliphatic rings. The summed E-state index contributed by atoms with van der Waals surface area (Å²) in [6.45, 7) is 0. The maximum atomic E-state index is 13.5. The molecule has 1 atom stereocenters. The highest BCUT2D eigenvalue weighted by Crippen LogP contribution is 2.35. The summed E-state index contributed by atoms with van der Waals surface area (Å²) in [7, 11) is 4.10. The quantitative estimate of drug-likeness (QED) is 0.818. The van der Waals surface area contributed by atoms with E-state index in [1.165, 1.54) is 25.0 Å². The second kappa shape index (κ2) is 7.21. The number of benzene rings is 1. The molecule has 0 aromatic heterocycles. The molecule has 0 bridgehead atoms. The lowest BCUT2D eigenvalue weighted by Gasteiger charge is -2.43. The highest BCUT2D eigenvalue weighted by atomic mass is 79.9. The molecule has 1 aromatic carbocycles. The van der Waals surface area contributed by atoms with Crippen LogP contribution < -0.4 is 0 Å². The predicted molar refractivity (Wildman–Crippen MR) is 87.9 cm³/mol. The number of aliphatic hydroxyl groups excluding tert-OH is 1. The average molecular weight is 358 g/mol. The lowest BCUT2D eigenvalue weighted by molar-refractivity contribution is -0.0174. The third kappa shape index (κ3) is 4.05. The second-order valence-electron chi connectivity index (χ2n) is 6.41. The molecule has 0 amide bonds. The van der Waals surface area contributed by atoms with Crippen LogP contribution in [0.1, 0.15) is 44.1 Å². The zero-order chi connectivity index (χ0) is 15.5. The molecule has 2 nitrogen and oxygen atoms in total. The van der Waals surface area contributed by atoms with Crippen molar-refractivity contribution in [2.45, 2.75) is 56.6 Å². The largest absolute Gasteiger partial charge is 0.391 e. The SMILES string of the molecule is CN(C)C1(C(O)Cc2cc(F)cc(Br)c2)CCCCCC1. The van der Waals surface area contributed by atoms with Gasteiger partial charge < -0.3 is 10.0 Å². The van der Waals surface area contributed by atoms with E-state index < -0.39 is 6.10 Å². The Kier molecular flexibility index (Phi) is 5.81. The van der Waals surface area contributed by atoms with E-state index in [0.717, 1.165) is 35.7 Å². The Bertz CT molecular complexity index is 450. The summed E-state index contributed by atoms with van der Waals surface area (Å²) in [4.78, 5) is 2.18. The molecule has 0 saturated heterocycles. The molecular weight excluding hydrogens is 333 g/mol. The van der Waals surface area contributed by atoms with Crippen molar-refractivity contribution in [1.29, 1.82) is 0 Å². The van der Waals surface area contributed by atoms with Gasteiger partial charge >= 0.3 is 0 Å². The van der Waals surface area contributed by atoms with E-state index in [9.17, 15) is 9.50 Å². The third-order valence-electron chi connectivity index (χ3n) is 4.83. The summed E-state index contributed by atoms with van der Waals surface area (Å²) in [5.74, 6) is -0.258. The molecule has 4 heteroatoms. The van der Waals surface area contributed by atoms with Gasteiger partial charge in [0.2, 0.25) is 0 Å². The molecule has 0 aliphatic heterocycles. The van der Waals surface area contributed by atoms with Gasteiger partial charge in [-0.2, -0.15) is 0 Å². The first-order valence-corrected chi connectivity index (χ1v) is 8.54. The molecule has 1 aromatic rings. The number of likely N-dealkylation sites (N-methyl/N-ethyl adjacent to an activating group) is 1. The van der Waals surface area contributed by atoms with Crippen molar-refractivity contribution in [3.05, 3.63) is 34.1 Å². The first-order valence-electron chi connectivity index (χ1n) is 7.74. The van der Waals surface area contributed by atoms with Gasteiger partial charge in [0.05, 0.1) is 6.10 Å². The monoisotopic (exact) mass is 357 g/mol. The van der Waals surface area contributed by atoms with Crippen LogP contribution in [-0.2, 0) is 6.42 Å². The summed E-state index contributed by atoms with van der Waals surface area (Å²) in [6.07, 6.45) is 6.84. The first-order chi connectivity index (χ1) is 9.94. The lowest BCUT2D eigenvalue weighted by atomic mass is 9.80. The van der Waals surface area contributed by atoms with Gasteiger partial charge in [-0.15, -0.1) is 0 Å². The molecule has 1 saturated carbocycles. The van der Waals surface area contributed by atoms with E-state index in [-0.39, 0.29) is 11.4 Å². The van der Waals surface area contributed by atoms with Crippen LogP contribution in [0.25, 0.3) is 0 Å². The summed E-state index contributed by atoms with van der Waals surface area (Å²) in [5, 5.41) is 10.9. The highest BCUT2D eigenvalue weighted by Gasteiger charge is 2.40. The first kappa shape index (κ1) is 16.9. The smallest absolute Gasteiger partial charge is 0.124 e. The van der Waals surface area contributed by atoms with Gasteiger partial charge in [-0.05, 0) is 50.7 Å². The molecule has 118 valence electrons. The minimum absolute atomic E-state index is 0.185. The minimum Gasteiger partial charge on any atom is -0.391 e. The fourth-order valence-electron chi connectivity index (χ4n) is 3.56. The zero-order valence-electron chi connectivity index (χ0n) is 12.9. The van der Waals surface area contributed by atoms with Gasteiger partial charge in [0.15, 0.2) is 0 Å². The molecule has 1 unspecified atom stereocenters. The highest BCUT2D eigenvalue weighted by molar-refractivity contribution is 9.10. The van der Waals surface area contributed by atoms with E-state index in [4.69, 9.17) is 0 Å². The van der Waals surface area contributed by atoms with Crippen LogP contribution in [0.2, 0.25) is 0 Å². The van der Waals surface area contributed by atoms with Gasteiger partial charge in [0, 0.05) is 16.4 Å². The van der Waals surface area contributed by atoms with E-state index in [1.54, 1.807) is 0 Å². The van der Waals surface area contributed by atoms with Crippen LogP contribution in [0.15, 0.2) is 22.7 Å². The summed E-state index contributed by atoms with van der Waals surface area (Å²) in [6, 6.07) is 4.86. The van der Waals surface area contributed by atoms with E-state index in [1.807, 2.05) is 6.07 Å². The van der Waals surface area contributed by atoms with Gasteiger partial charge in [0.1, 0.15) is 5.82 Å². The molecule has 1 N–H and O–H groups in total. The van der Waals surface area contributed by atoms with Crippen molar-refractivity contribution in [3.63, 3.8) is 0 Å². The third-order valence-corrected chi connectivity index (χ3v) is 5.29. The number of hydrogen-bond donors (Lipinski definition) is 1. The van der Waals surface area contributed by atoms with Gasteiger partial charge in [-0.3, -0.25) is 0 Å². The van der Waals surface area contributed by atoms with Crippen LogP contribution in [0.3, 0.4) is 0 Å². The Morgan fingerprint density at radius 2 is 1.81 bits per heavy atom. The Labute approximate surface area is 135 Å². The standard InChI is InChI=1S/C17H25BrFNO/c1-20(2)17(7-5-3-4-6-8-17)16(21)11-13-9-14(18)12-15(19)10-13/h9-10,12,16,21H,3-8,11H2,1-2H3. The molecule has 0 spiro atoms. The van der Waals surface area contributed by atoms with Crippen LogP contribution in [0.5, 0.6) is 0 Å². The molecule has 1 fully saturated rings. The lowest BCUT2D eigenvalue weighted by Crippen LogP contribution is -2.54. The average Bonchev–Trinajstić information content (AvgIpc) is 2.63. The Balaban J connectivity index is 2.20. The molecule has 0 radical (unpaired) electrons. The fourth-order valence-corrected chi connectivity index (χ4v) is 4.07. The normalized spacial score (nSPS) is 20.3. The fraction of sp³-hybridized carbons (Fsp3) is 0.647. The summed E-state index contributed by atoms with van der Waals surface area (Å²) >= 11 is 3.32. The molecule has 1 aliphatic carbocycles. The maximum Gasteiger partial charge on any atom is 0.124 e. The number of hydrogen-bond acceptors (Lipinski definition) is 2. The summed E-state index contributed by atoms with van der Waals surface area (Å²) < 4.78 is 14.2. The maximum absolute atomic E-state index is 13.5. The molecular formula is C17H25BrFNO. The summed E-state index contributed by atoms with van der Waals surface area (Å²) in [5.41, 5.74) is 0.662. The van der Waals surface area contributed by atoms with Crippen molar-refractivity contribution in [2.75, 3.05) is 14.1 Å². The van der Waals surface area contributed by atoms with E-state index >= 15 is 0 Å². The van der Waals surface area contributed by atoms with Crippen molar-refractivity contribution in [2.24, 2.45) is 0 Å². The number of halogens is 2. The molecule has 0 heterocycles. The van der Waals surface area contributed by atoms with Gasteiger partial charge in [0.25, 0.3) is 0 Å². The predicted octanol–water partition coefficient (Wildman–Crippen LogP) is 4.15. The van der Waals surface area contributed by atoms with E-state index in [0.29, 0.717) is 6.42 Å². The van der Waals surface area contributed by atoms with Crippen LogP contribution >= 0.6 is 15.9 Å². The van der Waals surface area contributed by atoms with Crippen LogP contribution in [0, 0.1) is 5.82 Å². The minimum atomic E-state index is -0.473. The van der Waals surface area contributed by atoms with Gasteiger partial charge in [-0.25, -0.2) is 4.39 Å². The van der Waals surface area contributed by atoms with Crippen LogP contribution in [0.4, 0.5) is 4.39 Å². The van der Waals surface area contributed by atoms with Crippen LogP contribution in [-0.4, -0.2) is 35.7 Å². The Hall–Kier alpha value is -0.450. The number of nitrogens with zero attached hydrogens (tertiary/aromatic N) is 1. The second-order valence-corrected chi connectivity index (χ2v) is 7.33. The van der Waals surface area contributed by atoms with Crippen molar-refractivity contribution < 1.29 is 9.50 Å². The van der Waals surface area contributed by atoms with Crippen molar-refractivity contribution >= 4 is 15.9 Å². The molecule has 2 rings (SSSR count). The topological polar surface area (TPSA) is 23.5 Å². The Morgan fingerprint density at radius 1 is 1.19 bits per heavy atom.